The third-order valence-corrected chi connectivity index (χ3v) is 5.19. The summed E-state index contributed by atoms with van der Waals surface area (Å²) in [6, 6.07) is 17.9. The highest BCUT2D eigenvalue weighted by Gasteiger charge is 2.11. The fraction of sp³-hybridized carbons (Fsp3) is 0.192. The van der Waals surface area contributed by atoms with Gasteiger partial charge in [-0.1, -0.05) is 30.3 Å². The zero-order chi connectivity index (χ0) is 22.2. The van der Waals surface area contributed by atoms with Gasteiger partial charge in [0.25, 0.3) is 0 Å². The molecule has 4 rings (SSSR count). The van der Waals surface area contributed by atoms with Gasteiger partial charge in [0, 0.05) is 48.9 Å². The standard InChI is InChI=1S/C26H25N5O.ClH/c1-19-29-18-23(24-6-2-3-14-28-24)26(31-19)22-10-8-21(9-11-22)17-30-25(32)7-4-5-20-12-15-27-16-13-20;/h2-3,6,8-16,18H,4-5,7,17H2,1H3,(H,30,32);1H. The number of nitrogens with zero attached hydrogens (tertiary/aromatic N) is 4. The molecule has 0 radical (unpaired) electrons. The predicted molar refractivity (Wildman–Crippen MR) is 132 cm³/mol. The van der Waals surface area contributed by atoms with Crippen LogP contribution in [0.15, 0.2) is 79.4 Å². The van der Waals surface area contributed by atoms with Gasteiger partial charge in [0.2, 0.25) is 5.91 Å². The zero-order valence-electron chi connectivity index (χ0n) is 18.4. The molecular formula is C26H26ClN5O. The third kappa shape index (κ3) is 6.67. The summed E-state index contributed by atoms with van der Waals surface area (Å²) in [7, 11) is 0. The highest BCUT2D eigenvalue weighted by atomic mass is 35.5. The molecule has 1 aromatic carbocycles. The van der Waals surface area contributed by atoms with Gasteiger partial charge >= 0.3 is 0 Å². The summed E-state index contributed by atoms with van der Waals surface area (Å²) < 4.78 is 0. The molecule has 0 saturated carbocycles. The van der Waals surface area contributed by atoms with E-state index in [1.807, 2.05) is 67.7 Å². The second kappa shape index (κ2) is 11.8. The minimum atomic E-state index is 0. The number of aryl methyl sites for hydroxylation is 2. The van der Waals surface area contributed by atoms with Crippen molar-refractivity contribution >= 4 is 18.3 Å². The Balaban J connectivity index is 0.00000306. The van der Waals surface area contributed by atoms with E-state index >= 15 is 0 Å². The zero-order valence-corrected chi connectivity index (χ0v) is 19.3. The van der Waals surface area contributed by atoms with Gasteiger partial charge in [-0.05, 0) is 55.2 Å². The number of aromatic nitrogens is 4. The van der Waals surface area contributed by atoms with Crippen LogP contribution in [0.4, 0.5) is 0 Å². The average Bonchev–Trinajstić information content (AvgIpc) is 2.84. The van der Waals surface area contributed by atoms with Gasteiger partial charge < -0.3 is 5.32 Å². The Morgan fingerprint density at radius 2 is 1.70 bits per heavy atom. The van der Waals surface area contributed by atoms with E-state index in [1.165, 1.54) is 5.56 Å². The molecule has 1 N–H and O–H groups in total. The fourth-order valence-corrected chi connectivity index (χ4v) is 3.47. The quantitative estimate of drug-likeness (QED) is 0.402. The molecule has 0 bridgehead atoms. The maximum Gasteiger partial charge on any atom is 0.220 e. The second-order valence-electron chi connectivity index (χ2n) is 7.58. The lowest BCUT2D eigenvalue weighted by atomic mass is 10.0. The van der Waals surface area contributed by atoms with Crippen LogP contribution in [0.1, 0.15) is 29.8 Å². The number of hydrogen-bond donors (Lipinski definition) is 1. The summed E-state index contributed by atoms with van der Waals surface area (Å²) >= 11 is 0. The van der Waals surface area contributed by atoms with Gasteiger partial charge in [-0.25, -0.2) is 9.97 Å². The van der Waals surface area contributed by atoms with Crippen LogP contribution in [-0.4, -0.2) is 25.8 Å². The van der Waals surface area contributed by atoms with Gasteiger partial charge in [0.1, 0.15) is 5.82 Å². The summed E-state index contributed by atoms with van der Waals surface area (Å²) in [5.41, 5.74) is 5.82. The van der Waals surface area contributed by atoms with E-state index in [4.69, 9.17) is 0 Å². The topological polar surface area (TPSA) is 80.7 Å². The van der Waals surface area contributed by atoms with Crippen LogP contribution >= 0.6 is 12.4 Å². The van der Waals surface area contributed by atoms with E-state index in [0.717, 1.165) is 40.9 Å². The monoisotopic (exact) mass is 459 g/mol. The van der Waals surface area contributed by atoms with Gasteiger partial charge in [-0.3, -0.25) is 14.8 Å². The van der Waals surface area contributed by atoms with Gasteiger partial charge in [0.15, 0.2) is 0 Å². The Labute approximate surface area is 200 Å². The van der Waals surface area contributed by atoms with E-state index in [2.05, 4.69) is 25.3 Å². The first-order chi connectivity index (χ1) is 15.7. The molecule has 168 valence electrons. The third-order valence-electron chi connectivity index (χ3n) is 5.19. The molecule has 0 unspecified atom stereocenters. The molecule has 0 spiro atoms. The van der Waals surface area contributed by atoms with Gasteiger partial charge in [0.05, 0.1) is 11.4 Å². The van der Waals surface area contributed by atoms with Crippen LogP contribution in [0.3, 0.4) is 0 Å². The Kier molecular flexibility index (Phi) is 8.61. The number of hydrogen-bond acceptors (Lipinski definition) is 5. The highest BCUT2D eigenvalue weighted by molar-refractivity contribution is 5.85. The van der Waals surface area contributed by atoms with Gasteiger partial charge in [-0.15, -0.1) is 12.4 Å². The summed E-state index contributed by atoms with van der Waals surface area (Å²) in [4.78, 5) is 29.7. The van der Waals surface area contributed by atoms with Crippen molar-refractivity contribution in [1.29, 1.82) is 0 Å². The lowest BCUT2D eigenvalue weighted by Crippen LogP contribution is -2.22. The fourth-order valence-electron chi connectivity index (χ4n) is 3.47. The summed E-state index contributed by atoms with van der Waals surface area (Å²) in [6.45, 7) is 2.38. The lowest BCUT2D eigenvalue weighted by Gasteiger charge is -2.10. The van der Waals surface area contributed by atoms with E-state index in [1.54, 1.807) is 18.6 Å². The Morgan fingerprint density at radius 1 is 0.909 bits per heavy atom. The molecule has 0 aliphatic rings. The first-order valence-corrected chi connectivity index (χ1v) is 10.7. The van der Waals surface area contributed by atoms with Crippen molar-refractivity contribution in [2.24, 2.45) is 0 Å². The molecule has 1 amide bonds. The SMILES string of the molecule is Cc1ncc(-c2ccccn2)c(-c2ccc(CNC(=O)CCCc3ccncc3)cc2)n1.Cl. The number of benzene rings is 1. The van der Waals surface area contributed by atoms with Crippen molar-refractivity contribution in [2.45, 2.75) is 32.7 Å². The molecule has 0 atom stereocenters. The summed E-state index contributed by atoms with van der Waals surface area (Å²) in [6.07, 6.45) is 9.35. The first kappa shape index (κ1) is 24.0. The van der Waals surface area contributed by atoms with Crippen molar-refractivity contribution in [3.8, 4) is 22.5 Å². The van der Waals surface area contributed by atoms with E-state index in [-0.39, 0.29) is 18.3 Å². The minimum Gasteiger partial charge on any atom is -0.352 e. The largest absolute Gasteiger partial charge is 0.352 e. The van der Waals surface area contributed by atoms with Crippen LogP contribution in [0.5, 0.6) is 0 Å². The lowest BCUT2D eigenvalue weighted by molar-refractivity contribution is -0.121. The number of rotatable bonds is 8. The molecule has 3 aromatic heterocycles. The molecule has 0 aliphatic heterocycles. The van der Waals surface area contributed by atoms with Gasteiger partial charge in [-0.2, -0.15) is 0 Å². The smallest absolute Gasteiger partial charge is 0.220 e. The van der Waals surface area contributed by atoms with E-state index in [0.29, 0.717) is 18.8 Å². The number of nitrogens with one attached hydrogen (secondary N) is 1. The minimum absolute atomic E-state index is 0. The van der Waals surface area contributed by atoms with Crippen LogP contribution in [0.25, 0.3) is 22.5 Å². The number of carbonyl (C=O) groups excluding carboxylic acids is 1. The van der Waals surface area contributed by atoms with Crippen LogP contribution in [0.2, 0.25) is 0 Å². The number of carbonyl (C=O) groups is 1. The van der Waals surface area contributed by atoms with Crippen molar-refractivity contribution in [3.63, 3.8) is 0 Å². The molecule has 7 heteroatoms. The van der Waals surface area contributed by atoms with Crippen molar-refractivity contribution in [3.05, 3.63) is 96.3 Å². The van der Waals surface area contributed by atoms with Crippen LogP contribution < -0.4 is 5.32 Å². The molecule has 4 aromatic rings. The summed E-state index contributed by atoms with van der Waals surface area (Å²) in [5, 5.41) is 3.00. The summed E-state index contributed by atoms with van der Waals surface area (Å²) in [5.74, 6) is 0.773. The molecule has 0 aliphatic carbocycles. The normalized spacial score (nSPS) is 10.3. The highest BCUT2D eigenvalue weighted by Crippen LogP contribution is 2.28. The van der Waals surface area contributed by atoms with Crippen molar-refractivity contribution in [1.82, 2.24) is 25.3 Å². The number of pyridine rings is 2. The van der Waals surface area contributed by atoms with Crippen molar-refractivity contribution < 1.29 is 4.79 Å². The van der Waals surface area contributed by atoms with Crippen molar-refractivity contribution in [2.75, 3.05) is 0 Å². The Morgan fingerprint density at radius 3 is 2.42 bits per heavy atom. The number of amides is 1. The first-order valence-electron chi connectivity index (χ1n) is 10.7. The van der Waals surface area contributed by atoms with Crippen LogP contribution in [-0.2, 0) is 17.8 Å². The maximum atomic E-state index is 12.2. The molecule has 33 heavy (non-hydrogen) atoms. The molecule has 3 heterocycles. The Hall–Kier alpha value is -3.64. The molecule has 0 fully saturated rings. The van der Waals surface area contributed by atoms with E-state index < -0.39 is 0 Å². The number of halogens is 1. The van der Waals surface area contributed by atoms with E-state index in [9.17, 15) is 4.79 Å². The Bertz CT molecular complexity index is 1170. The van der Waals surface area contributed by atoms with Crippen LogP contribution in [0, 0.1) is 6.92 Å². The molecule has 0 saturated heterocycles. The predicted octanol–water partition coefficient (Wildman–Crippen LogP) is 4.97. The molecular weight excluding hydrogens is 434 g/mol. The second-order valence-corrected chi connectivity index (χ2v) is 7.58. The average molecular weight is 460 g/mol. The molecule has 6 nitrogen and oxygen atoms in total. The maximum absolute atomic E-state index is 12.2.